The maximum atomic E-state index is 5.35. The van der Waals surface area contributed by atoms with Crippen molar-refractivity contribution in [2.75, 3.05) is 26.2 Å². The van der Waals surface area contributed by atoms with E-state index in [4.69, 9.17) is 4.99 Å². The second-order valence-corrected chi connectivity index (χ2v) is 11.7. The first-order valence-corrected chi connectivity index (χ1v) is 16.1. The van der Waals surface area contributed by atoms with Crippen LogP contribution in [0, 0.1) is 0 Å². The van der Waals surface area contributed by atoms with E-state index in [9.17, 15) is 0 Å². The summed E-state index contributed by atoms with van der Waals surface area (Å²) in [7, 11) is 0. The number of hydrogen-bond donors (Lipinski definition) is 4. The number of hydrogen-bond acceptors (Lipinski definition) is 6. The van der Waals surface area contributed by atoms with Crippen LogP contribution in [0.3, 0.4) is 0 Å². The molecule has 2 aliphatic rings. The average Bonchev–Trinajstić information content (AvgIpc) is 3.13. The van der Waals surface area contributed by atoms with E-state index in [2.05, 4.69) is 129 Å². The average molecular weight is 623 g/mol. The second-order valence-electron chi connectivity index (χ2n) is 11.7. The zero-order chi connectivity index (χ0) is 32.1. The Morgan fingerprint density at radius 1 is 0.458 bits per heavy atom. The molecular formula is C42H34N6. The summed E-state index contributed by atoms with van der Waals surface area (Å²) in [5.41, 5.74) is 11.7. The molecule has 0 saturated carbocycles. The number of benzene rings is 6. The Balaban J connectivity index is 1.29. The first kappa shape index (κ1) is 28.9. The van der Waals surface area contributed by atoms with Gasteiger partial charge in [0.05, 0.1) is 45.9 Å². The summed E-state index contributed by atoms with van der Waals surface area (Å²) in [6.07, 6.45) is 4.44. The van der Waals surface area contributed by atoms with Crippen LogP contribution in [0.1, 0.15) is 0 Å². The molecule has 0 aromatic heterocycles. The summed E-state index contributed by atoms with van der Waals surface area (Å²) in [5, 5.41) is 14.7. The summed E-state index contributed by atoms with van der Waals surface area (Å²) in [4.78, 5) is 7.72. The Morgan fingerprint density at radius 3 is 1.42 bits per heavy atom. The molecule has 1 heterocycles. The normalized spacial score (nSPS) is 14.8. The monoisotopic (exact) mass is 622 g/mol. The third-order valence-corrected chi connectivity index (χ3v) is 8.36. The molecule has 0 amide bonds. The number of anilines is 8. The fourth-order valence-corrected chi connectivity index (χ4v) is 6.11. The van der Waals surface area contributed by atoms with Gasteiger partial charge in [-0.2, -0.15) is 0 Å². The van der Waals surface area contributed by atoms with Crippen molar-refractivity contribution in [1.82, 2.24) is 0 Å². The van der Waals surface area contributed by atoms with Crippen LogP contribution in [0.5, 0.6) is 0 Å². The highest BCUT2D eigenvalue weighted by molar-refractivity contribution is 6.12. The summed E-state index contributed by atoms with van der Waals surface area (Å²) >= 11 is 0. The molecule has 6 nitrogen and oxygen atoms in total. The minimum absolute atomic E-state index is 0.162. The topological polar surface area (TPSA) is 63.7 Å². The molecular weight excluding hydrogens is 589 g/mol. The zero-order valence-electron chi connectivity index (χ0n) is 26.2. The van der Waals surface area contributed by atoms with Crippen molar-refractivity contribution in [3.05, 3.63) is 187 Å². The zero-order valence-corrected chi connectivity index (χ0v) is 26.2. The summed E-state index contributed by atoms with van der Waals surface area (Å²) in [6, 6.07) is 55.8. The van der Waals surface area contributed by atoms with Gasteiger partial charge in [0.1, 0.15) is 0 Å². The molecule has 1 unspecified atom stereocenters. The van der Waals surface area contributed by atoms with E-state index >= 15 is 0 Å². The number of aliphatic imine (C=N–C) groups is 1. The predicted octanol–water partition coefficient (Wildman–Crippen LogP) is 10.8. The van der Waals surface area contributed by atoms with E-state index in [0.717, 1.165) is 68.3 Å². The molecule has 232 valence electrons. The highest BCUT2D eigenvalue weighted by atomic mass is 15.2. The van der Waals surface area contributed by atoms with Crippen molar-refractivity contribution in [3.8, 4) is 0 Å². The second kappa shape index (κ2) is 13.1. The Hall–Kier alpha value is -6.53. The van der Waals surface area contributed by atoms with Gasteiger partial charge in [-0.25, -0.2) is 4.99 Å². The Kier molecular flexibility index (Phi) is 7.87. The van der Waals surface area contributed by atoms with Gasteiger partial charge >= 0.3 is 0 Å². The highest BCUT2D eigenvalue weighted by Gasteiger charge is 2.34. The lowest BCUT2D eigenvalue weighted by Gasteiger charge is -2.39. The first-order valence-electron chi connectivity index (χ1n) is 16.1. The van der Waals surface area contributed by atoms with Crippen molar-refractivity contribution in [1.29, 1.82) is 0 Å². The van der Waals surface area contributed by atoms with Crippen LogP contribution in [-0.4, -0.2) is 11.8 Å². The highest BCUT2D eigenvalue weighted by Crippen LogP contribution is 2.47. The molecule has 8 rings (SSSR count). The van der Waals surface area contributed by atoms with Crippen LogP contribution in [0.2, 0.25) is 0 Å². The molecule has 0 radical (unpaired) electrons. The number of rotatable bonds is 9. The summed E-state index contributed by atoms with van der Waals surface area (Å²) < 4.78 is 0. The van der Waals surface area contributed by atoms with Crippen LogP contribution < -0.4 is 26.2 Å². The predicted molar refractivity (Wildman–Crippen MR) is 202 cm³/mol. The van der Waals surface area contributed by atoms with Crippen LogP contribution in [0.25, 0.3) is 0 Å². The molecule has 1 aliphatic carbocycles. The Bertz CT molecular complexity index is 2110. The molecule has 1 atom stereocenters. The maximum absolute atomic E-state index is 5.35. The van der Waals surface area contributed by atoms with Crippen molar-refractivity contribution in [3.63, 3.8) is 0 Å². The van der Waals surface area contributed by atoms with E-state index < -0.39 is 0 Å². The quantitative estimate of drug-likeness (QED) is 0.129. The Morgan fingerprint density at radius 2 is 0.896 bits per heavy atom. The van der Waals surface area contributed by atoms with E-state index in [0.29, 0.717) is 0 Å². The van der Waals surface area contributed by atoms with Gasteiger partial charge in [0, 0.05) is 28.4 Å². The van der Waals surface area contributed by atoms with Crippen LogP contribution in [0.15, 0.2) is 192 Å². The van der Waals surface area contributed by atoms with Gasteiger partial charge < -0.3 is 26.2 Å². The summed E-state index contributed by atoms with van der Waals surface area (Å²) in [6.45, 7) is 0. The van der Waals surface area contributed by atoms with Gasteiger partial charge in [0.2, 0.25) is 0 Å². The molecule has 6 heteroatoms. The lowest BCUT2D eigenvalue weighted by molar-refractivity contribution is 0.948. The van der Waals surface area contributed by atoms with E-state index in [-0.39, 0.29) is 6.04 Å². The lowest BCUT2D eigenvalue weighted by atomic mass is 9.95. The van der Waals surface area contributed by atoms with Gasteiger partial charge in [0.25, 0.3) is 0 Å². The van der Waals surface area contributed by atoms with Crippen molar-refractivity contribution < 1.29 is 0 Å². The standard InChI is InChI=1S/C42H34N6/c1-6-16-30(17-7-1)43-35-26-39-41(28-37(35)45-32-20-10-3-11-21-32)48(34-24-14-5-15-25-34)42-29-38(46-33-22-12-4-13-23-33)36(27-40(42)47-39)44-31-18-8-2-9-19-31/h1-29,41,43-46H. The third-order valence-electron chi connectivity index (χ3n) is 8.36. The SMILES string of the molecule is C1=C(Nc2ccccc2)C(Nc2ccccc2)=CC2C1=Nc1cc(Nc3ccccc3)c(Nc3ccccc3)cc1N2c1ccccc1. The minimum Gasteiger partial charge on any atom is -0.354 e. The van der Waals surface area contributed by atoms with E-state index in [1.54, 1.807) is 0 Å². The van der Waals surface area contributed by atoms with Crippen LogP contribution in [-0.2, 0) is 0 Å². The van der Waals surface area contributed by atoms with Crippen LogP contribution >= 0.6 is 0 Å². The molecule has 6 aromatic rings. The molecule has 0 saturated heterocycles. The van der Waals surface area contributed by atoms with Crippen LogP contribution in [0.4, 0.5) is 51.2 Å². The van der Waals surface area contributed by atoms with Crippen molar-refractivity contribution in [2.45, 2.75) is 6.04 Å². The smallest absolute Gasteiger partial charge is 0.0971 e. The first-order chi connectivity index (χ1) is 23.8. The number of fused-ring (bicyclic) bond motifs is 2. The van der Waals surface area contributed by atoms with Gasteiger partial charge in [-0.1, -0.05) is 91.0 Å². The molecule has 0 spiro atoms. The number of para-hydroxylation sites is 5. The summed E-state index contributed by atoms with van der Waals surface area (Å²) in [5.74, 6) is 0. The van der Waals surface area contributed by atoms with Gasteiger partial charge in [0.15, 0.2) is 0 Å². The van der Waals surface area contributed by atoms with E-state index in [1.807, 2.05) is 72.8 Å². The molecule has 48 heavy (non-hydrogen) atoms. The molecule has 0 bridgehead atoms. The van der Waals surface area contributed by atoms with Gasteiger partial charge in [-0.15, -0.1) is 0 Å². The minimum atomic E-state index is -0.162. The lowest BCUT2D eigenvalue weighted by Crippen LogP contribution is -2.41. The maximum Gasteiger partial charge on any atom is 0.0971 e. The van der Waals surface area contributed by atoms with Crippen molar-refractivity contribution in [2.24, 2.45) is 4.99 Å². The van der Waals surface area contributed by atoms with Gasteiger partial charge in [-0.3, -0.25) is 0 Å². The largest absolute Gasteiger partial charge is 0.354 e. The van der Waals surface area contributed by atoms with E-state index in [1.165, 1.54) is 0 Å². The van der Waals surface area contributed by atoms with Gasteiger partial charge in [-0.05, 0) is 84.9 Å². The molecule has 1 aliphatic heterocycles. The number of nitrogens with one attached hydrogen (secondary N) is 4. The Labute approximate surface area is 280 Å². The molecule has 0 fully saturated rings. The fraction of sp³-hybridized carbons (Fsp3) is 0.0238. The number of nitrogens with zero attached hydrogens (tertiary/aromatic N) is 2. The fourth-order valence-electron chi connectivity index (χ4n) is 6.11. The molecule has 6 aromatic carbocycles. The van der Waals surface area contributed by atoms with Crippen molar-refractivity contribution >= 4 is 56.9 Å². The molecule has 4 N–H and O–H groups in total. The third kappa shape index (κ3) is 6.15.